The highest BCUT2D eigenvalue weighted by Gasteiger charge is 2.21. The minimum Gasteiger partial charge on any atom is -0.496 e. The second-order valence-corrected chi connectivity index (χ2v) is 6.85. The van der Waals surface area contributed by atoms with Crippen LogP contribution in [0.4, 0.5) is 0 Å². The minimum atomic E-state index is 0.160. The van der Waals surface area contributed by atoms with Gasteiger partial charge in [0.25, 0.3) is 0 Å². The van der Waals surface area contributed by atoms with E-state index in [4.69, 9.17) is 18.9 Å². The molecule has 2 aromatic carbocycles. The van der Waals surface area contributed by atoms with Gasteiger partial charge in [0.15, 0.2) is 0 Å². The molecule has 0 aliphatic carbocycles. The Balaban J connectivity index is 1.54. The second-order valence-electron chi connectivity index (χ2n) is 6.85. The van der Waals surface area contributed by atoms with E-state index in [0.29, 0.717) is 12.3 Å². The molecule has 6 heteroatoms. The number of hydrogen-bond donors (Lipinski definition) is 1. The van der Waals surface area contributed by atoms with E-state index in [0.717, 1.165) is 49.8 Å². The summed E-state index contributed by atoms with van der Waals surface area (Å²) in [7, 11) is 4.95. The summed E-state index contributed by atoms with van der Waals surface area (Å²) < 4.78 is 22.3. The van der Waals surface area contributed by atoms with Crippen molar-refractivity contribution in [3.8, 4) is 17.2 Å². The van der Waals surface area contributed by atoms with E-state index in [2.05, 4.69) is 40.5 Å². The van der Waals surface area contributed by atoms with Crippen LogP contribution in [0.3, 0.4) is 0 Å². The molecule has 28 heavy (non-hydrogen) atoms. The van der Waals surface area contributed by atoms with Crippen LogP contribution >= 0.6 is 0 Å². The zero-order valence-electron chi connectivity index (χ0n) is 16.9. The average molecular weight is 386 g/mol. The van der Waals surface area contributed by atoms with E-state index >= 15 is 0 Å². The average Bonchev–Trinajstić information content (AvgIpc) is 2.74. The highest BCUT2D eigenvalue weighted by atomic mass is 16.5. The van der Waals surface area contributed by atoms with Crippen LogP contribution in [-0.2, 0) is 17.8 Å². The Morgan fingerprint density at radius 3 is 2.39 bits per heavy atom. The fraction of sp³-hybridized carbons (Fsp3) is 0.455. The SMILES string of the molecule is COc1cc(OC)c(CNC[C@H]2CN(Cc3ccccc3)CCO2)c(OC)c1. The van der Waals surface area contributed by atoms with E-state index < -0.39 is 0 Å². The number of ether oxygens (including phenoxy) is 4. The Kier molecular flexibility index (Phi) is 7.54. The van der Waals surface area contributed by atoms with Crippen molar-refractivity contribution in [2.75, 3.05) is 47.6 Å². The third kappa shape index (κ3) is 5.38. The molecule has 0 bridgehead atoms. The Morgan fingerprint density at radius 1 is 1.04 bits per heavy atom. The number of nitrogens with zero attached hydrogens (tertiary/aromatic N) is 1. The molecular formula is C22H30N2O4. The summed E-state index contributed by atoms with van der Waals surface area (Å²) in [6.07, 6.45) is 0.160. The van der Waals surface area contributed by atoms with Crippen molar-refractivity contribution in [1.29, 1.82) is 0 Å². The Labute approximate surface area is 167 Å². The number of hydrogen-bond acceptors (Lipinski definition) is 6. The normalized spacial score (nSPS) is 17.3. The summed E-state index contributed by atoms with van der Waals surface area (Å²) in [6.45, 7) is 5.00. The Morgan fingerprint density at radius 2 is 1.75 bits per heavy atom. The molecule has 0 aromatic heterocycles. The van der Waals surface area contributed by atoms with Crippen molar-refractivity contribution in [1.82, 2.24) is 10.2 Å². The first-order chi connectivity index (χ1) is 13.7. The number of benzene rings is 2. The highest BCUT2D eigenvalue weighted by molar-refractivity contribution is 5.50. The summed E-state index contributed by atoms with van der Waals surface area (Å²) >= 11 is 0. The lowest BCUT2D eigenvalue weighted by Gasteiger charge is -2.33. The number of rotatable bonds is 9. The summed E-state index contributed by atoms with van der Waals surface area (Å²) in [6, 6.07) is 14.3. The number of nitrogens with one attached hydrogen (secondary N) is 1. The van der Waals surface area contributed by atoms with Gasteiger partial charge in [-0.25, -0.2) is 0 Å². The lowest BCUT2D eigenvalue weighted by atomic mass is 10.1. The first-order valence-corrected chi connectivity index (χ1v) is 9.61. The zero-order chi connectivity index (χ0) is 19.8. The van der Waals surface area contributed by atoms with E-state index in [1.54, 1.807) is 21.3 Å². The van der Waals surface area contributed by atoms with Crippen LogP contribution in [0.5, 0.6) is 17.2 Å². The molecule has 0 spiro atoms. The van der Waals surface area contributed by atoms with Gasteiger partial charge in [-0.3, -0.25) is 4.90 Å². The van der Waals surface area contributed by atoms with E-state index in [1.165, 1.54) is 5.56 Å². The van der Waals surface area contributed by atoms with E-state index in [-0.39, 0.29) is 6.10 Å². The van der Waals surface area contributed by atoms with Crippen LogP contribution < -0.4 is 19.5 Å². The molecule has 3 rings (SSSR count). The highest BCUT2D eigenvalue weighted by Crippen LogP contribution is 2.33. The fourth-order valence-corrected chi connectivity index (χ4v) is 3.50. The third-order valence-electron chi connectivity index (χ3n) is 4.96. The molecule has 0 radical (unpaired) electrons. The first kappa shape index (κ1) is 20.5. The van der Waals surface area contributed by atoms with Gasteiger partial charge in [0.1, 0.15) is 17.2 Å². The third-order valence-corrected chi connectivity index (χ3v) is 4.96. The molecule has 2 aromatic rings. The lowest BCUT2D eigenvalue weighted by molar-refractivity contribution is -0.0300. The predicted octanol–water partition coefficient (Wildman–Crippen LogP) is 2.70. The van der Waals surface area contributed by atoms with Gasteiger partial charge >= 0.3 is 0 Å². The second kappa shape index (κ2) is 10.3. The van der Waals surface area contributed by atoms with Gasteiger partial charge in [0.2, 0.25) is 0 Å². The maximum absolute atomic E-state index is 5.95. The summed E-state index contributed by atoms with van der Waals surface area (Å²) in [5.74, 6) is 2.21. The van der Waals surface area contributed by atoms with Gasteiger partial charge in [0, 0.05) is 44.9 Å². The van der Waals surface area contributed by atoms with Crippen LogP contribution in [0.15, 0.2) is 42.5 Å². The molecule has 1 atom stereocenters. The van der Waals surface area contributed by atoms with Crippen LogP contribution in [0.2, 0.25) is 0 Å². The summed E-state index contributed by atoms with van der Waals surface area (Å²) in [5, 5.41) is 3.49. The van der Waals surface area contributed by atoms with Gasteiger partial charge in [-0.05, 0) is 5.56 Å². The van der Waals surface area contributed by atoms with Crippen LogP contribution in [0.1, 0.15) is 11.1 Å². The lowest BCUT2D eigenvalue weighted by Crippen LogP contribution is -2.46. The van der Waals surface area contributed by atoms with Gasteiger partial charge < -0.3 is 24.3 Å². The van der Waals surface area contributed by atoms with Crippen LogP contribution in [-0.4, -0.2) is 58.6 Å². The van der Waals surface area contributed by atoms with Crippen LogP contribution in [0, 0.1) is 0 Å². The van der Waals surface area contributed by atoms with E-state index in [9.17, 15) is 0 Å². The summed E-state index contributed by atoms with van der Waals surface area (Å²) in [4.78, 5) is 2.44. The van der Waals surface area contributed by atoms with Gasteiger partial charge in [-0.2, -0.15) is 0 Å². The Bertz CT molecular complexity index is 714. The molecule has 1 N–H and O–H groups in total. The van der Waals surface area contributed by atoms with Crippen molar-refractivity contribution in [3.05, 3.63) is 53.6 Å². The predicted molar refractivity (Wildman–Crippen MR) is 109 cm³/mol. The monoisotopic (exact) mass is 386 g/mol. The van der Waals surface area contributed by atoms with Crippen molar-refractivity contribution in [2.45, 2.75) is 19.2 Å². The maximum Gasteiger partial charge on any atom is 0.130 e. The molecule has 1 aliphatic heterocycles. The van der Waals surface area contributed by atoms with Gasteiger partial charge in [0.05, 0.1) is 39.6 Å². The van der Waals surface area contributed by atoms with E-state index in [1.807, 2.05) is 12.1 Å². The quantitative estimate of drug-likeness (QED) is 0.715. The van der Waals surface area contributed by atoms with Crippen molar-refractivity contribution in [2.24, 2.45) is 0 Å². The number of morpholine rings is 1. The minimum absolute atomic E-state index is 0.160. The standard InChI is InChI=1S/C22H30N2O4/c1-25-18-11-21(26-2)20(22(12-18)27-3)14-23-13-19-16-24(9-10-28-19)15-17-7-5-4-6-8-17/h4-8,11-12,19,23H,9-10,13-16H2,1-3H3/t19-/m0/s1. The largest absolute Gasteiger partial charge is 0.496 e. The molecule has 1 heterocycles. The van der Waals surface area contributed by atoms with Crippen LogP contribution in [0.25, 0.3) is 0 Å². The molecule has 152 valence electrons. The van der Waals surface area contributed by atoms with Crippen molar-refractivity contribution < 1.29 is 18.9 Å². The molecule has 0 amide bonds. The number of methoxy groups -OCH3 is 3. The molecule has 1 fully saturated rings. The smallest absolute Gasteiger partial charge is 0.130 e. The summed E-state index contributed by atoms with van der Waals surface area (Å²) in [5.41, 5.74) is 2.31. The van der Waals surface area contributed by atoms with Gasteiger partial charge in [-0.1, -0.05) is 30.3 Å². The fourth-order valence-electron chi connectivity index (χ4n) is 3.50. The molecule has 0 unspecified atom stereocenters. The molecule has 1 aliphatic rings. The molecular weight excluding hydrogens is 356 g/mol. The van der Waals surface area contributed by atoms with Gasteiger partial charge in [-0.15, -0.1) is 0 Å². The van der Waals surface area contributed by atoms with Crippen molar-refractivity contribution in [3.63, 3.8) is 0 Å². The Hall–Kier alpha value is -2.28. The molecule has 6 nitrogen and oxygen atoms in total. The van der Waals surface area contributed by atoms with Crippen molar-refractivity contribution >= 4 is 0 Å². The zero-order valence-corrected chi connectivity index (χ0v) is 16.9. The first-order valence-electron chi connectivity index (χ1n) is 9.61. The maximum atomic E-state index is 5.95. The topological polar surface area (TPSA) is 52.2 Å². The molecule has 0 saturated carbocycles. The molecule has 1 saturated heterocycles.